The highest BCUT2D eigenvalue weighted by Gasteiger charge is 2.07. The molecule has 2 aromatic rings. The molecule has 0 aliphatic heterocycles. The monoisotopic (exact) mass is 262 g/mol. The van der Waals surface area contributed by atoms with Crippen LogP contribution in [0.3, 0.4) is 0 Å². The maximum atomic E-state index is 11.9. The van der Waals surface area contributed by atoms with Gasteiger partial charge < -0.3 is 15.0 Å². The third kappa shape index (κ3) is 3.52. The second-order valence-corrected chi connectivity index (χ2v) is 3.88. The number of carbonyl (C=O) groups excluding carboxylic acids is 1. The molecule has 0 aliphatic carbocycles. The standard InChI is InChI=1S/C12H14N4O3/c1-19-5-4-16-8-10(7-14-16)15-12(18)9-2-3-13-11(17)6-9/h2-3,6-8H,4-5H2,1H3,(H,13,17)(H,15,18). The van der Waals surface area contributed by atoms with Crippen LogP contribution in [0, 0.1) is 0 Å². The van der Waals surface area contributed by atoms with Gasteiger partial charge in [0.15, 0.2) is 0 Å². The molecule has 0 bridgehead atoms. The number of aromatic amines is 1. The van der Waals surface area contributed by atoms with Crippen molar-refractivity contribution >= 4 is 11.6 Å². The molecule has 0 saturated carbocycles. The highest BCUT2D eigenvalue weighted by atomic mass is 16.5. The summed E-state index contributed by atoms with van der Waals surface area (Å²) >= 11 is 0. The normalized spacial score (nSPS) is 10.4. The summed E-state index contributed by atoms with van der Waals surface area (Å²) in [6.07, 6.45) is 4.67. The Labute approximate surface area is 109 Å². The molecular formula is C12H14N4O3. The first kappa shape index (κ1) is 13.0. The van der Waals surface area contributed by atoms with E-state index in [1.807, 2.05) is 0 Å². The number of nitrogens with one attached hydrogen (secondary N) is 2. The van der Waals surface area contributed by atoms with E-state index < -0.39 is 0 Å². The van der Waals surface area contributed by atoms with Crippen molar-refractivity contribution in [2.24, 2.45) is 0 Å². The number of anilines is 1. The summed E-state index contributed by atoms with van der Waals surface area (Å²) in [4.78, 5) is 25.4. The van der Waals surface area contributed by atoms with Crippen molar-refractivity contribution in [2.45, 2.75) is 6.54 Å². The van der Waals surface area contributed by atoms with E-state index in [9.17, 15) is 9.59 Å². The van der Waals surface area contributed by atoms with E-state index in [-0.39, 0.29) is 11.5 Å². The Morgan fingerprint density at radius 2 is 2.42 bits per heavy atom. The lowest BCUT2D eigenvalue weighted by atomic mass is 10.2. The van der Waals surface area contributed by atoms with E-state index in [2.05, 4.69) is 15.4 Å². The maximum absolute atomic E-state index is 11.9. The minimum Gasteiger partial charge on any atom is -0.383 e. The molecule has 0 atom stereocenters. The molecule has 0 saturated heterocycles. The summed E-state index contributed by atoms with van der Waals surface area (Å²) < 4.78 is 6.60. The van der Waals surface area contributed by atoms with Crippen LogP contribution in [0.4, 0.5) is 5.69 Å². The fourth-order valence-electron chi connectivity index (χ4n) is 1.52. The quantitative estimate of drug-likeness (QED) is 0.819. The Morgan fingerprint density at radius 1 is 1.58 bits per heavy atom. The van der Waals surface area contributed by atoms with Gasteiger partial charge in [-0.15, -0.1) is 0 Å². The number of ether oxygens (including phenoxy) is 1. The number of nitrogens with zero attached hydrogens (tertiary/aromatic N) is 2. The van der Waals surface area contributed by atoms with E-state index in [1.165, 1.54) is 18.3 Å². The SMILES string of the molecule is COCCn1cc(NC(=O)c2cc[nH]c(=O)c2)cn1. The fourth-order valence-corrected chi connectivity index (χ4v) is 1.52. The smallest absolute Gasteiger partial charge is 0.256 e. The molecule has 0 aromatic carbocycles. The molecule has 0 aliphatic rings. The number of rotatable bonds is 5. The largest absolute Gasteiger partial charge is 0.383 e. The second-order valence-electron chi connectivity index (χ2n) is 3.88. The van der Waals surface area contributed by atoms with Gasteiger partial charge in [-0.3, -0.25) is 14.3 Å². The van der Waals surface area contributed by atoms with Gasteiger partial charge in [0, 0.05) is 31.1 Å². The van der Waals surface area contributed by atoms with Crippen LogP contribution in [-0.4, -0.2) is 34.4 Å². The predicted molar refractivity (Wildman–Crippen MR) is 69.1 cm³/mol. The Morgan fingerprint density at radius 3 is 3.16 bits per heavy atom. The summed E-state index contributed by atoms with van der Waals surface area (Å²) in [5.74, 6) is -0.350. The highest BCUT2D eigenvalue weighted by Crippen LogP contribution is 2.07. The summed E-state index contributed by atoms with van der Waals surface area (Å²) in [5.41, 5.74) is 0.554. The molecule has 2 heterocycles. The van der Waals surface area contributed by atoms with E-state index in [4.69, 9.17) is 4.74 Å². The van der Waals surface area contributed by atoms with Crippen molar-refractivity contribution in [3.63, 3.8) is 0 Å². The molecule has 7 nitrogen and oxygen atoms in total. The molecule has 0 unspecified atom stereocenters. The minimum absolute atomic E-state index is 0.299. The second kappa shape index (κ2) is 5.96. The molecule has 7 heteroatoms. The Bertz CT molecular complexity index is 617. The number of carbonyl (C=O) groups is 1. The van der Waals surface area contributed by atoms with Gasteiger partial charge >= 0.3 is 0 Å². The first-order valence-corrected chi connectivity index (χ1v) is 5.70. The topological polar surface area (TPSA) is 89.0 Å². The molecule has 2 aromatic heterocycles. The molecule has 0 spiro atoms. The van der Waals surface area contributed by atoms with E-state index in [0.29, 0.717) is 24.4 Å². The zero-order chi connectivity index (χ0) is 13.7. The van der Waals surface area contributed by atoms with Gasteiger partial charge in [-0.25, -0.2) is 0 Å². The van der Waals surface area contributed by atoms with Crippen LogP contribution in [0.1, 0.15) is 10.4 Å². The van der Waals surface area contributed by atoms with Crippen molar-refractivity contribution < 1.29 is 9.53 Å². The number of hydrogen-bond acceptors (Lipinski definition) is 4. The first-order chi connectivity index (χ1) is 9.19. The van der Waals surface area contributed by atoms with Crippen LogP contribution in [0.2, 0.25) is 0 Å². The molecule has 0 fully saturated rings. The average Bonchev–Trinajstić information content (AvgIpc) is 2.84. The fraction of sp³-hybridized carbons (Fsp3) is 0.250. The number of H-pyrrole nitrogens is 1. The number of hydrogen-bond donors (Lipinski definition) is 2. The molecule has 2 rings (SSSR count). The lowest BCUT2D eigenvalue weighted by molar-refractivity contribution is 0.102. The van der Waals surface area contributed by atoms with Gasteiger partial charge in [0.05, 0.1) is 25.0 Å². The van der Waals surface area contributed by atoms with Crippen LogP contribution in [0.5, 0.6) is 0 Å². The predicted octanol–water partition coefficient (Wildman–Crippen LogP) is 0.470. The average molecular weight is 262 g/mol. The third-order valence-corrected chi connectivity index (χ3v) is 2.45. The molecule has 1 amide bonds. The minimum atomic E-state index is -0.350. The van der Waals surface area contributed by atoms with Crippen LogP contribution in [-0.2, 0) is 11.3 Å². The van der Waals surface area contributed by atoms with Crippen LogP contribution in [0.25, 0.3) is 0 Å². The van der Waals surface area contributed by atoms with Gasteiger partial charge in [-0.2, -0.15) is 5.10 Å². The zero-order valence-corrected chi connectivity index (χ0v) is 10.4. The Kier molecular flexibility index (Phi) is 4.09. The molecule has 19 heavy (non-hydrogen) atoms. The summed E-state index contributed by atoms with van der Waals surface area (Å²) in [6, 6.07) is 2.77. The van der Waals surface area contributed by atoms with Gasteiger partial charge in [-0.1, -0.05) is 0 Å². The Hall–Kier alpha value is -2.41. The van der Waals surface area contributed by atoms with Gasteiger partial charge in [0.1, 0.15) is 0 Å². The summed E-state index contributed by atoms with van der Waals surface area (Å²) in [6.45, 7) is 1.15. The van der Waals surface area contributed by atoms with Crippen molar-refractivity contribution in [1.29, 1.82) is 0 Å². The number of pyridine rings is 1. The van der Waals surface area contributed by atoms with E-state index in [0.717, 1.165) is 0 Å². The van der Waals surface area contributed by atoms with Crippen molar-refractivity contribution in [2.75, 3.05) is 19.0 Å². The number of aromatic nitrogens is 3. The first-order valence-electron chi connectivity index (χ1n) is 5.70. The maximum Gasteiger partial charge on any atom is 0.256 e. The molecular weight excluding hydrogens is 248 g/mol. The lowest BCUT2D eigenvalue weighted by Crippen LogP contribution is -2.15. The van der Waals surface area contributed by atoms with Crippen LogP contribution < -0.4 is 10.9 Å². The third-order valence-electron chi connectivity index (χ3n) is 2.45. The van der Waals surface area contributed by atoms with Crippen LogP contribution in [0.15, 0.2) is 35.5 Å². The summed E-state index contributed by atoms with van der Waals surface area (Å²) in [5, 5.41) is 6.74. The van der Waals surface area contributed by atoms with Crippen LogP contribution >= 0.6 is 0 Å². The molecule has 2 N–H and O–H groups in total. The van der Waals surface area contributed by atoms with Gasteiger partial charge in [0.25, 0.3) is 5.91 Å². The molecule has 0 radical (unpaired) electrons. The van der Waals surface area contributed by atoms with Gasteiger partial charge in [0.2, 0.25) is 5.56 Å². The number of methoxy groups -OCH3 is 1. The summed E-state index contributed by atoms with van der Waals surface area (Å²) in [7, 11) is 1.61. The molecule has 100 valence electrons. The number of amides is 1. The lowest BCUT2D eigenvalue weighted by Gasteiger charge is -2.01. The van der Waals surface area contributed by atoms with Gasteiger partial charge in [-0.05, 0) is 6.07 Å². The zero-order valence-electron chi connectivity index (χ0n) is 10.4. The Balaban J connectivity index is 2.02. The van der Waals surface area contributed by atoms with E-state index in [1.54, 1.807) is 24.2 Å². The van der Waals surface area contributed by atoms with Crippen molar-refractivity contribution in [3.8, 4) is 0 Å². The highest BCUT2D eigenvalue weighted by molar-refractivity contribution is 6.03. The van der Waals surface area contributed by atoms with E-state index >= 15 is 0 Å². The van der Waals surface area contributed by atoms with Crippen molar-refractivity contribution in [1.82, 2.24) is 14.8 Å². The van der Waals surface area contributed by atoms with Crippen molar-refractivity contribution in [3.05, 3.63) is 46.6 Å².